The van der Waals surface area contributed by atoms with Crippen molar-refractivity contribution in [3.05, 3.63) is 0 Å². The molecule has 0 amide bonds. The van der Waals surface area contributed by atoms with Crippen LogP contribution in [-0.2, 0) is 4.52 Å². The number of hydrogen-bond donors (Lipinski definition) is 5. The molecule has 2 atom stereocenters. The van der Waals surface area contributed by atoms with Gasteiger partial charge >= 0.3 is 160 Å². The van der Waals surface area contributed by atoms with Gasteiger partial charge in [-0.25, -0.2) is 0 Å². The zero-order valence-corrected chi connectivity index (χ0v) is 20.7. The van der Waals surface area contributed by atoms with Gasteiger partial charge in [0, 0.05) is 0 Å². The van der Waals surface area contributed by atoms with Crippen LogP contribution in [0.5, 0.6) is 0 Å². The molecule has 0 aromatic heterocycles. The molecule has 8 heteroatoms. The van der Waals surface area contributed by atoms with Gasteiger partial charge in [0.2, 0.25) is 0 Å². The first-order valence-corrected chi connectivity index (χ1v) is 14.7. The molecule has 2 unspecified atom stereocenters. The van der Waals surface area contributed by atoms with E-state index in [0.29, 0.717) is 30.8 Å². The first kappa shape index (κ1) is 30.8. The monoisotopic (exact) mass is 446 g/mol. The molecule has 0 rings (SSSR count). The molecule has 0 aliphatic heterocycles. The Hall–Kier alpha value is 0.620. The Balaban J connectivity index is 0. The van der Waals surface area contributed by atoms with E-state index in [0.717, 1.165) is 51.4 Å². The second-order valence-corrected chi connectivity index (χ2v) is 12.2. The fourth-order valence-electron chi connectivity index (χ4n) is 3.30. The van der Waals surface area contributed by atoms with Gasteiger partial charge in [-0.15, -0.1) is 0 Å². The second-order valence-electron chi connectivity index (χ2n) is 7.96. The van der Waals surface area contributed by atoms with Crippen LogP contribution >= 0.6 is 15.9 Å². The Bertz CT molecular complexity index is 353. The Morgan fingerprint density at radius 2 is 1.18 bits per heavy atom. The van der Waals surface area contributed by atoms with Crippen molar-refractivity contribution in [2.45, 2.75) is 98.8 Å². The van der Waals surface area contributed by atoms with Crippen LogP contribution in [0.1, 0.15) is 98.8 Å². The molecule has 174 valence electrons. The van der Waals surface area contributed by atoms with Crippen molar-refractivity contribution >= 4 is 15.9 Å². The zero-order valence-electron chi connectivity index (χ0n) is 18.9. The molecular weight excluding hydrogens is 398 g/mol. The predicted molar refractivity (Wildman–Crippen MR) is 122 cm³/mol. The summed E-state index contributed by atoms with van der Waals surface area (Å²) in [5.41, 5.74) is 0. The van der Waals surface area contributed by atoms with E-state index in [1.807, 2.05) is 0 Å². The van der Waals surface area contributed by atoms with Gasteiger partial charge in [-0.1, -0.05) is 0 Å². The Labute approximate surface area is 174 Å². The SMILES string of the molecule is CCCCC(CC)COP(O)(O)(CCCC)CC(CC)CCCC.OP(O)O. The van der Waals surface area contributed by atoms with Crippen molar-refractivity contribution in [1.29, 1.82) is 0 Å². The molecule has 5 N–H and O–H groups in total. The van der Waals surface area contributed by atoms with E-state index in [2.05, 4.69) is 34.6 Å². The Morgan fingerprint density at radius 3 is 1.57 bits per heavy atom. The van der Waals surface area contributed by atoms with Crippen LogP contribution in [0.4, 0.5) is 0 Å². The topological polar surface area (TPSA) is 110 Å². The van der Waals surface area contributed by atoms with Gasteiger partial charge in [-0.2, -0.15) is 0 Å². The van der Waals surface area contributed by atoms with Gasteiger partial charge in [0.1, 0.15) is 0 Å². The van der Waals surface area contributed by atoms with Crippen LogP contribution in [0.25, 0.3) is 0 Å². The van der Waals surface area contributed by atoms with Gasteiger partial charge in [-0.3, -0.25) is 0 Å². The molecule has 0 radical (unpaired) electrons. The molecule has 0 aliphatic rings. The third-order valence-electron chi connectivity index (χ3n) is 5.28. The van der Waals surface area contributed by atoms with Crippen LogP contribution in [0.3, 0.4) is 0 Å². The molecule has 28 heavy (non-hydrogen) atoms. The fourth-order valence-corrected chi connectivity index (χ4v) is 6.70. The van der Waals surface area contributed by atoms with Gasteiger partial charge in [0.15, 0.2) is 0 Å². The summed E-state index contributed by atoms with van der Waals surface area (Å²) < 4.78 is 6.02. The first-order valence-electron chi connectivity index (χ1n) is 11.1. The van der Waals surface area contributed by atoms with Crippen LogP contribution in [-0.4, -0.2) is 43.4 Å². The molecular formula is C20H48O6P2. The van der Waals surface area contributed by atoms with Crippen molar-refractivity contribution in [2.24, 2.45) is 11.8 Å². The molecule has 0 heterocycles. The third kappa shape index (κ3) is 17.5. The van der Waals surface area contributed by atoms with Gasteiger partial charge in [0.05, 0.1) is 0 Å². The van der Waals surface area contributed by atoms with Crippen molar-refractivity contribution < 1.29 is 29.0 Å². The summed E-state index contributed by atoms with van der Waals surface area (Å²) in [5.74, 6) is 0.813. The molecule has 6 nitrogen and oxygen atoms in total. The standard InChI is InChI=1S/C20H45O3P.H3O3P/c1-6-11-14-19(9-4)17-23-24(21,22,16-13-8-3)18-20(10-5)15-12-7-2;1-4(2)3/h19-22H,6-18H2,1-5H3;1-3H. The summed E-state index contributed by atoms with van der Waals surface area (Å²) in [6.45, 7) is 11.3. The molecule has 0 bridgehead atoms. The van der Waals surface area contributed by atoms with E-state index >= 15 is 0 Å². The van der Waals surface area contributed by atoms with Crippen molar-refractivity contribution in [1.82, 2.24) is 0 Å². The molecule has 0 saturated heterocycles. The normalized spacial score (nSPS) is 15.5. The number of unbranched alkanes of at least 4 members (excludes halogenated alkanes) is 3. The van der Waals surface area contributed by atoms with Gasteiger partial charge in [0.25, 0.3) is 0 Å². The van der Waals surface area contributed by atoms with Gasteiger partial charge in [-0.05, 0) is 0 Å². The predicted octanol–water partition coefficient (Wildman–Crippen LogP) is 5.71. The second kappa shape index (κ2) is 17.3. The van der Waals surface area contributed by atoms with E-state index in [-0.39, 0.29) is 0 Å². The smallest absolute Gasteiger partial charge is 0.324 e. The van der Waals surface area contributed by atoms with Crippen molar-refractivity contribution in [3.8, 4) is 0 Å². The molecule has 0 aromatic rings. The van der Waals surface area contributed by atoms with Crippen LogP contribution in [0.15, 0.2) is 0 Å². The average molecular weight is 447 g/mol. The van der Waals surface area contributed by atoms with E-state index in [9.17, 15) is 9.79 Å². The maximum absolute atomic E-state index is 11.2. The fraction of sp³-hybridized carbons (Fsp3) is 1.00. The van der Waals surface area contributed by atoms with Crippen molar-refractivity contribution in [2.75, 3.05) is 18.9 Å². The minimum Gasteiger partial charge on any atom is -0.328 e. The number of hydrogen-bond acceptors (Lipinski definition) is 6. The van der Waals surface area contributed by atoms with E-state index in [1.54, 1.807) is 0 Å². The molecule has 0 spiro atoms. The minimum atomic E-state index is -4.01. The van der Waals surface area contributed by atoms with Gasteiger partial charge < -0.3 is 14.7 Å². The summed E-state index contributed by atoms with van der Waals surface area (Å²) in [7, 11) is -6.63. The average Bonchev–Trinajstić information content (AvgIpc) is 2.63. The maximum atomic E-state index is 11.2. The largest absolute Gasteiger partial charge is 0.328 e. The zero-order chi connectivity index (χ0) is 22.1. The number of rotatable bonds is 16. The Kier molecular flexibility index (Phi) is 19.1. The van der Waals surface area contributed by atoms with E-state index in [4.69, 9.17) is 19.2 Å². The van der Waals surface area contributed by atoms with E-state index in [1.165, 1.54) is 12.8 Å². The summed E-state index contributed by atoms with van der Waals surface area (Å²) in [4.78, 5) is 44.2. The molecule has 0 fully saturated rings. The Morgan fingerprint density at radius 1 is 0.750 bits per heavy atom. The summed E-state index contributed by atoms with van der Waals surface area (Å²) >= 11 is 0. The van der Waals surface area contributed by atoms with Crippen LogP contribution < -0.4 is 0 Å². The van der Waals surface area contributed by atoms with Crippen LogP contribution in [0.2, 0.25) is 0 Å². The third-order valence-corrected chi connectivity index (χ3v) is 8.49. The minimum absolute atomic E-state index is 0.366. The summed E-state index contributed by atoms with van der Waals surface area (Å²) in [6, 6.07) is 0. The molecule has 0 aromatic carbocycles. The van der Waals surface area contributed by atoms with Crippen LogP contribution in [0, 0.1) is 11.8 Å². The maximum Gasteiger partial charge on any atom is 0.324 e. The summed E-state index contributed by atoms with van der Waals surface area (Å²) in [6.07, 6.45) is 11.7. The molecule has 0 saturated carbocycles. The quantitative estimate of drug-likeness (QED) is 0.194. The summed E-state index contributed by atoms with van der Waals surface area (Å²) in [5, 5.41) is 0. The van der Waals surface area contributed by atoms with Crippen molar-refractivity contribution in [3.63, 3.8) is 0 Å². The molecule has 0 aliphatic carbocycles. The first-order chi connectivity index (χ1) is 13.1. The van der Waals surface area contributed by atoms with E-state index < -0.39 is 15.9 Å².